The van der Waals surface area contributed by atoms with E-state index in [0.29, 0.717) is 17.1 Å². The van der Waals surface area contributed by atoms with Gasteiger partial charge in [0.05, 0.1) is 0 Å². The van der Waals surface area contributed by atoms with Crippen molar-refractivity contribution in [3.8, 4) is 0 Å². The van der Waals surface area contributed by atoms with Gasteiger partial charge in [-0.25, -0.2) is 0 Å². The van der Waals surface area contributed by atoms with E-state index in [1.807, 2.05) is 18.2 Å². The molecule has 0 aliphatic heterocycles. The molecule has 1 heterocycles. The van der Waals surface area contributed by atoms with Crippen LogP contribution in [0.25, 0.3) is 0 Å². The second kappa shape index (κ2) is 8.49. The molecule has 1 nitrogen and oxygen atoms in total. The number of hydrogen-bond acceptors (Lipinski definition) is 1. The molecule has 0 unspecified atom stereocenters. The Morgan fingerprint density at radius 2 is 1.08 bits per heavy atom. The molecule has 0 aliphatic rings. The van der Waals surface area contributed by atoms with Gasteiger partial charge in [-0.15, -0.1) is 0 Å². The minimum absolute atomic E-state index is 0.551. The van der Waals surface area contributed by atoms with E-state index < -0.39 is 14.0 Å². The van der Waals surface area contributed by atoms with Crippen LogP contribution >= 0.6 is 49.7 Å². The monoisotopic (exact) mass is 527 g/mol. The predicted molar refractivity (Wildman–Crippen MR) is 110 cm³/mol. The van der Waals surface area contributed by atoms with Crippen LogP contribution in [0.4, 0.5) is 0 Å². The second-order valence-corrected chi connectivity index (χ2v) is 30.3. The molecule has 0 amide bonds. The van der Waals surface area contributed by atoms with Crippen molar-refractivity contribution in [3.05, 3.63) is 89.2 Å². The van der Waals surface area contributed by atoms with Gasteiger partial charge in [0, 0.05) is 12.4 Å². The van der Waals surface area contributed by atoms with Crippen LogP contribution in [-0.2, 0) is 0 Å². The summed E-state index contributed by atoms with van der Waals surface area (Å²) >= 11 is 7.29. The maximum absolute atomic E-state index is 6.60. The third-order valence-electron chi connectivity index (χ3n) is 3.03. The zero-order valence-electron chi connectivity index (χ0n) is 12.3. The van der Waals surface area contributed by atoms with E-state index in [9.17, 15) is 0 Å². The number of aromatic nitrogens is 1. The van der Waals surface area contributed by atoms with E-state index in [0.717, 1.165) is 0 Å². The van der Waals surface area contributed by atoms with E-state index in [4.69, 9.17) is 49.7 Å². The molecule has 0 bridgehead atoms. The summed E-state index contributed by atoms with van der Waals surface area (Å²) in [6, 6.07) is 19.8. The van der Waals surface area contributed by atoms with Gasteiger partial charge >= 0.3 is 129 Å². The average Bonchev–Trinajstić information content (AvgIpc) is 2.57. The van der Waals surface area contributed by atoms with Gasteiger partial charge < -0.3 is 0 Å². The Hall–Kier alpha value is -0.142. The van der Waals surface area contributed by atoms with Gasteiger partial charge in [0.2, 0.25) is 0 Å². The van der Waals surface area contributed by atoms with E-state index in [-0.39, 0.29) is 0 Å². The molecule has 3 rings (SSSR count). The topological polar surface area (TPSA) is 12.9 Å². The Bertz CT molecular complexity index is 726. The van der Waals surface area contributed by atoms with Crippen LogP contribution in [0.3, 0.4) is 0 Å². The number of pyridine rings is 1. The van der Waals surface area contributed by atoms with Crippen molar-refractivity contribution in [2.45, 2.75) is 0 Å². The van der Waals surface area contributed by atoms with E-state index in [1.165, 1.54) is 0 Å². The molecule has 0 aliphatic carbocycles. The van der Waals surface area contributed by atoms with Crippen molar-refractivity contribution in [1.82, 2.24) is 4.98 Å². The molecule has 0 N–H and O–H groups in total. The Labute approximate surface area is 163 Å². The van der Waals surface area contributed by atoms with Crippen LogP contribution in [0.15, 0.2) is 79.1 Å². The molecule has 0 spiro atoms. The standard InChI is InChI=1S/2C6H4Cl.C5H5N.3ClH.Sb/c2*7-6-4-2-1-3-5-6;1-2-4-6-5-3-1;;;;/h2*1-2,4-5H;1-5H;3*1H;/q;;;;;;+3/p-3. The van der Waals surface area contributed by atoms with Crippen LogP contribution in [0, 0.1) is 0 Å². The molecular weight excluding hydrogens is 517 g/mol. The summed E-state index contributed by atoms with van der Waals surface area (Å²) in [6.45, 7) is 0. The first-order chi connectivity index (χ1) is 11.3. The molecule has 0 fully saturated rings. The fourth-order valence-corrected chi connectivity index (χ4v) is 11.7. The summed E-state index contributed by atoms with van der Waals surface area (Å²) in [4.78, 5) is 3.78. The molecule has 0 saturated carbocycles. The van der Waals surface area contributed by atoms with Crippen molar-refractivity contribution in [3.63, 3.8) is 0 Å². The number of hydrogen-bond donors (Lipinski definition) is 0. The molecule has 126 valence electrons. The predicted octanol–water partition coefficient (Wildman–Crippen LogP) is 5.80. The van der Waals surface area contributed by atoms with Gasteiger partial charge in [-0.2, -0.15) is 0 Å². The van der Waals surface area contributed by atoms with Crippen LogP contribution < -0.4 is 7.02 Å². The van der Waals surface area contributed by atoms with Gasteiger partial charge in [0.15, 0.2) is 0 Å². The van der Waals surface area contributed by atoms with Crippen molar-refractivity contribution in [1.29, 1.82) is 0 Å². The zero-order chi connectivity index (χ0) is 17.7. The largest absolute Gasteiger partial charge is 0.265 e. The van der Waals surface area contributed by atoms with Crippen molar-refractivity contribution >= 4 is 70.7 Å². The van der Waals surface area contributed by atoms with Crippen LogP contribution in [0.1, 0.15) is 0 Å². The molecule has 2 aromatic carbocycles. The minimum Gasteiger partial charge on any atom is -0.265 e. The van der Waals surface area contributed by atoms with Gasteiger partial charge in [0.1, 0.15) is 0 Å². The first-order valence-corrected chi connectivity index (χ1v) is 19.8. The molecule has 0 radical (unpaired) electrons. The van der Waals surface area contributed by atoms with Gasteiger partial charge in [-0.05, 0) is 12.1 Å². The SMILES string of the molecule is Clc1ccc[c]([Sb]([Cl])([Cl])([Cl])[c]2cccc(Cl)c2)c1.c1ccncc1. The molecule has 0 saturated heterocycles. The van der Waals surface area contributed by atoms with Crippen molar-refractivity contribution in [2.24, 2.45) is 0 Å². The molecule has 0 atom stereocenters. The van der Waals surface area contributed by atoms with E-state index >= 15 is 0 Å². The smallest absolute Gasteiger partial charge is 0.0267 e. The molecule has 7 heteroatoms. The number of rotatable bonds is 2. The first-order valence-electron chi connectivity index (χ1n) is 6.82. The van der Waals surface area contributed by atoms with Crippen LogP contribution in [0.5, 0.6) is 0 Å². The van der Waals surface area contributed by atoms with Gasteiger partial charge in [-0.3, -0.25) is 4.98 Å². The Morgan fingerprint density at radius 3 is 1.38 bits per heavy atom. The quantitative estimate of drug-likeness (QED) is 0.382. The fraction of sp³-hybridized carbons (Fsp3) is 0. The average molecular weight is 530 g/mol. The Balaban J connectivity index is 0.000000292. The van der Waals surface area contributed by atoms with Crippen LogP contribution in [-0.4, -0.2) is 19.0 Å². The summed E-state index contributed by atoms with van der Waals surface area (Å²) in [7, 11) is 19.8. The summed E-state index contributed by atoms with van der Waals surface area (Å²) in [6.07, 6.45) is 3.50. The second-order valence-electron chi connectivity index (χ2n) is 4.79. The molecule has 24 heavy (non-hydrogen) atoms. The van der Waals surface area contributed by atoms with E-state index in [1.54, 1.807) is 60.9 Å². The maximum atomic E-state index is 6.60. The molecule has 1 aromatic heterocycles. The normalized spacial score (nSPS) is 12.5. The number of benzene rings is 2. The van der Waals surface area contributed by atoms with Crippen LogP contribution in [0.2, 0.25) is 10.0 Å². The molecular formula is C17H13Cl5NSb. The number of halogens is 5. The summed E-state index contributed by atoms with van der Waals surface area (Å²) in [5, 5.41) is 1.10. The third kappa shape index (κ3) is 5.43. The van der Waals surface area contributed by atoms with Crippen molar-refractivity contribution in [2.75, 3.05) is 0 Å². The first kappa shape index (κ1) is 20.2. The maximum Gasteiger partial charge on any atom is 0.0267 e. The third-order valence-corrected chi connectivity index (χ3v) is 17.8. The van der Waals surface area contributed by atoms with Crippen molar-refractivity contribution < 1.29 is 0 Å². The zero-order valence-corrected chi connectivity index (χ0v) is 18.6. The molecule has 3 aromatic rings. The Morgan fingerprint density at radius 1 is 0.625 bits per heavy atom. The summed E-state index contributed by atoms with van der Waals surface area (Å²) < 4.78 is 1.34. The van der Waals surface area contributed by atoms with E-state index in [2.05, 4.69) is 4.98 Å². The summed E-state index contributed by atoms with van der Waals surface area (Å²) in [5.41, 5.74) is 0. The fourth-order valence-electron chi connectivity index (χ4n) is 1.87. The minimum atomic E-state index is -4.64. The number of nitrogens with zero attached hydrogens (tertiary/aromatic N) is 1. The van der Waals surface area contributed by atoms with Gasteiger partial charge in [0.25, 0.3) is 0 Å². The Kier molecular flexibility index (Phi) is 7.14. The summed E-state index contributed by atoms with van der Waals surface area (Å²) in [5.74, 6) is 0. The van der Waals surface area contributed by atoms with Gasteiger partial charge in [-0.1, -0.05) is 6.07 Å².